The van der Waals surface area contributed by atoms with Crippen molar-refractivity contribution in [3.8, 4) is 17.2 Å². The summed E-state index contributed by atoms with van der Waals surface area (Å²) < 4.78 is 12.3. The summed E-state index contributed by atoms with van der Waals surface area (Å²) in [4.78, 5) is 27.0. The molecule has 7 nitrogen and oxygen atoms in total. The quantitative estimate of drug-likeness (QED) is 0.252. The molecule has 8 heteroatoms. The van der Waals surface area contributed by atoms with Gasteiger partial charge < -0.3 is 14.4 Å². The molecule has 4 aromatic rings. The van der Waals surface area contributed by atoms with Crippen molar-refractivity contribution in [2.75, 3.05) is 26.7 Å². The van der Waals surface area contributed by atoms with Crippen molar-refractivity contribution >= 4 is 33.7 Å². The van der Waals surface area contributed by atoms with E-state index in [9.17, 15) is 4.79 Å². The van der Waals surface area contributed by atoms with Crippen molar-refractivity contribution in [1.29, 1.82) is 0 Å². The molecule has 0 saturated carbocycles. The van der Waals surface area contributed by atoms with Crippen molar-refractivity contribution in [2.24, 2.45) is 5.92 Å². The van der Waals surface area contributed by atoms with Crippen molar-refractivity contribution in [3.05, 3.63) is 82.2 Å². The van der Waals surface area contributed by atoms with Gasteiger partial charge in [0, 0.05) is 29.6 Å². The summed E-state index contributed by atoms with van der Waals surface area (Å²) in [6.45, 7) is 10.4. The number of hydrogen-bond donors (Lipinski definition) is 0. The molecule has 0 bridgehead atoms. The number of ether oxygens (including phenoxy) is 2. The zero-order chi connectivity index (χ0) is 25.6. The SMILES string of the molecule is [C-]#[N+]c1cc2c(Oc3ccc(CC(=O)Cc4nccs4)cc3)ccnc2cc1OCC1CCN(C)CC1. The van der Waals surface area contributed by atoms with Gasteiger partial charge in [-0.15, -0.1) is 11.3 Å². The van der Waals surface area contributed by atoms with Crippen LogP contribution >= 0.6 is 11.3 Å². The maximum Gasteiger partial charge on any atom is 0.229 e. The third-order valence-electron chi connectivity index (χ3n) is 6.60. The minimum Gasteiger partial charge on any atom is -0.504 e. The first-order valence-electron chi connectivity index (χ1n) is 12.4. The molecule has 0 amide bonds. The van der Waals surface area contributed by atoms with Crippen LogP contribution in [0.3, 0.4) is 0 Å². The predicted molar refractivity (Wildman–Crippen MR) is 145 cm³/mol. The molecule has 0 N–H and O–H groups in total. The molecule has 1 fully saturated rings. The average molecular weight is 513 g/mol. The largest absolute Gasteiger partial charge is 0.504 e. The molecule has 1 saturated heterocycles. The predicted octanol–water partition coefficient (Wildman–Crippen LogP) is 6.11. The second-order valence-corrected chi connectivity index (χ2v) is 10.4. The Hall–Kier alpha value is -3.80. The van der Waals surface area contributed by atoms with Crippen LogP contribution < -0.4 is 9.47 Å². The van der Waals surface area contributed by atoms with Crippen molar-refractivity contribution in [2.45, 2.75) is 25.7 Å². The highest BCUT2D eigenvalue weighted by atomic mass is 32.1. The molecular formula is C29H28N4O3S. The highest BCUT2D eigenvalue weighted by molar-refractivity contribution is 7.09. The van der Waals surface area contributed by atoms with E-state index < -0.39 is 0 Å². The first kappa shape index (κ1) is 24.9. The molecule has 0 unspecified atom stereocenters. The molecule has 0 radical (unpaired) electrons. The molecule has 1 aliphatic heterocycles. The number of pyridine rings is 1. The van der Waals surface area contributed by atoms with E-state index in [4.69, 9.17) is 16.0 Å². The molecule has 188 valence electrons. The lowest BCUT2D eigenvalue weighted by Crippen LogP contribution is -2.32. The van der Waals surface area contributed by atoms with E-state index in [-0.39, 0.29) is 5.78 Å². The lowest BCUT2D eigenvalue weighted by atomic mass is 9.98. The Kier molecular flexibility index (Phi) is 7.73. The van der Waals surface area contributed by atoms with E-state index in [1.54, 1.807) is 24.5 Å². The first-order chi connectivity index (χ1) is 18.1. The fraction of sp³-hybridized carbons (Fsp3) is 0.310. The molecule has 2 aromatic heterocycles. The van der Waals surface area contributed by atoms with E-state index in [1.807, 2.05) is 35.7 Å². The Bertz CT molecular complexity index is 1410. The number of benzene rings is 2. The van der Waals surface area contributed by atoms with Gasteiger partial charge in [-0.3, -0.25) is 9.78 Å². The third-order valence-corrected chi connectivity index (χ3v) is 7.38. The number of Topliss-reactive ketones (excluding diaryl/α,β-unsaturated/α-hetero) is 1. The number of carbonyl (C=O) groups excluding carboxylic acids is 1. The van der Waals surface area contributed by atoms with Crippen LogP contribution in [0, 0.1) is 12.5 Å². The van der Waals surface area contributed by atoms with Gasteiger partial charge in [-0.1, -0.05) is 12.1 Å². The van der Waals surface area contributed by atoms with Gasteiger partial charge in [0.1, 0.15) is 23.0 Å². The van der Waals surface area contributed by atoms with E-state index in [0.717, 1.165) is 41.9 Å². The maximum absolute atomic E-state index is 12.3. The third kappa shape index (κ3) is 6.31. The summed E-state index contributed by atoms with van der Waals surface area (Å²) in [5, 5.41) is 3.47. The molecule has 3 heterocycles. The zero-order valence-electron chi connectivity index (χ0n) is 20.7. The van der Waals surface area contributed by atoms with Crippen LogP contribution in [0.1, 0.15) is 23.4 Å². The number of piperidine rings is 1. The molecule has 5 rings (SSSR count). The van der Waals surface area contributed by atoms with Gasteiger partial charge >= 0.3 is 0 Å². The molecular weight excluding hydrogens is 484 g/mol. The molecule has 1 aliphatic rings. The second kappa shape index (κ2) is 11.5. The Balaban J connectivity index is 1.27. The molecule has 0 atom stereocenters. The van der Waals surface area contributed by atoms with Crippen LogP contribution in [0.25, 0.3) is 15.7 Å². The Morgan fingerprint density at radius 2 is 1.89 bits per heavy atom. The van der Waals surface area contributed by atoms with E-state index >= 15 is 0 Å². The summed E-state index contributed by atoms with van der Waals surface area (Å²) in [7, 11) is 2.14. The van der Waals surface area contributed by atoms with E-state index in [1.165, 1.54) is 11.3 Å². The Labute approximate surface area is 220 Å². The number of carbonyl (C=O) groups is 1. The van der Waals surface area contributed by atoms with Crippen LogP contribution in [-0.4, -0.2) is 47.4 Å². The highest BCUT2D eigenvalue weighted by Gasteiger charge is 2.19. The monoisotopic (exact) mass is 512 g/mol. The number of nitrogens with zero attached hydrogens (tertiary/aromatic N) is 4. The smallest absolute Gasteiger partial charge is 0.229 e. The van der Waals surface area contributed by atoms with Gasteiger partial charge in [0.2, 0.25) is 5.69 Å². The van der Waals surface area contributed by atoms with Gasteiger partial charge in [0.05, 0.1) is 30.1 Å². The van der Waals surface area contributed by atoms with Gasteiger partial charge in [-0.2, -0.15) is 0 Å². The standard InChI is InChI=1S/C29H28N4O3S/c1-30-26-17-24-25(18-28(26)35-19-21-8-12-33(2)13-9-21)31-10-7-27(24)36-23-5-3-20(4-6-23)15-22(34)16-29-32-11-14-37-29/h3-7,10-11,14,17-18,21H,8-9,12-13,15-16,19H2,2H3. The summed E-state index contributed by atoms with van der Waals surface area (Å²) in [6, 6.07) is 12.9. The summed E-state index contributed by atoms with van der Waals surface area (Å²) in [5.41, 5.74) is 2.09. The number of aromatic nitrogens is 2. The van der Waals surface area contributed by atoms with Gasteiger partial charge in [0.15, 0.2) is 0 Å². The molecule has 0 aliphatic carbocycles. The maximum atomic E-state index is 12.3. The van der Waals surface area contributed by atoms with Gasteiger partial charge in [-0.05, 0) is 74.8 Å². The second-order valence-electron chi connectivity index (χ2n) is 9.38. The van der Waals surface area contributed by atoms with Crippen molar-refractivity contribution < 1.29 is 14.3 Å². The lowest BCUT2D eigenvalue weighted by Gasteiger charge is -2.28. The Morgan fingerprint density at radius 1 is 1.08 bits per heavy atom. The van der Waals surface area contributed by atoms with Crippen LogP contribution in [-0.2, 0) is 17.6 Å². The normalized spacial score (nSPS) is 14.4. The Morgan fingerprint density at radius 3 is 2.62 bits per heavy atom. The van der Waals surface area contributed by atoms with E-state index in [0.29, 0.717) is 53.8 Å². The lowest BCUT2D eigenvalue weighted by molar-refractivity contribution is -0.117. The van der Waals surface area contributed by atoms with Gasteiger partial charge in [-0.25, -0.2) is 9.83 Å². The minimum absolute atomic E-state index is 0.129. The first-order valence-corrected chi connectivity index (χ1v) is 13.2. The van der Waals surface area contributed by atoms with E-state index in [2.05, 4.69) is 26.8 Å². The number of ketones is 1. The summed E-state index contributed by atoms with van der Waals surface area (Å²) in [5.74, 6) is 2.46. The fourth-order valence-corrected chi connectivity index (χ4v) is 5.11. The number of rotatable bonds is 9. The highest BCUT2D eigenvalue weighted by Crippen LogP contribution is 2.38. The summed E-state index contributed by atoms with van der Waals surface area (Å²) in [6.07, 6.45) is 6.33. The zero-order valence-corrected chi connectivity index (χ0v) is 21.5. The molecule has 37 heavy (non-hydrogen) atoms. The number of thiazole rings is 1. The van der Waals surface area contributed by atoms with Crippen LogP contribution in [0.15, 0.2) is 60.2 Å². The minimum atomic E-state index is 0.129. The molecule has 2 aromatic carbocycles. The summed E-state index contributed by atoms with van der Waals surface area (Å²) >= 11 is 1.49. The fourth-order valence-electron chi connectivity index (χ4n) is 4.47. The van der Waals surface area contributed by atoms with Gasteiger partial charge in [0.25, 0.3) is 0 Å². The van der Waals surface area contributed by atoms with Crippen LogP contribution in [0.5, 0.6) is 17.2 Å². The van der Waals surface area contributed by atoms with Crippen molar-refractivity contribution in [1.82, 2.24) is 14.9 Å². The number of fused-ring (bicyclic) bond motifs is 1. The molecule has 0 spiro atoms. The topological polar surface area (TPSA) is 68.9 Å². The average Bonchev–Trinajstić information content (AvgIpc) is 3.42. The van der Waals surface area contributed by atoms with Crippen LogP contribution in [0.2, 0.25) is 0 Å². The number of likely N-dealkylation sites (tertiary alicyclic amines) is 1. The van der Waals surface area contributed by atoms with Crippen molar-refractivity contribution in [3.63, 3.8) is 0 Å². The number of hydrogen-bond acceptors (Lipinski definition) is 7. The van der Waals surface area contributed by atoms with Crippen LogP contribution in [0.4, 0.5) is 5.69 Å².